The summed E-state index contributed by atoms with van der Waals surface area (Å²) >= 11 is 0. The molecule has 1 aromatic carbocycles. The van der Waals surface area contributed by atoms with Gasteiger partial charge in [-0.1, -0.05) is 18.2 Å². The number of anilines is 1. The van der Waals surface area contributed by atoms with Crippen LogP contribution in [0.15, 0.2) is 30.3 Å². The maximum absolute atomic E-state index is 11.4. The lowest BCUT2D eigenvalue weighted by Crippen LogP contribution is -2.58. The Morgan fingerprint density at radius 1 is 0.938 bits per heavy atom. The number of para-hydroxylation sites is 1. The van der Waals surface area contributed by atoms with Crippen LogP contribution in [0.5, 0.6) is 0 Å². The average molecular weight is 218 g/mol. The van der Waals surface area contributed by atoms with E-state index in [0.717, 1.165) is 0 Å². The van der Waals surface area contributed by atoms with Crippen LogP contribution in [0.25, 0.3) is 0 Å². The van der Waals surface area contributed by atoms with Crippen molar-refractivity contribution in [2.24, 2.45) is 0 Å². The molecule has 0 spiro atoms. The molecule has 4 amide bonds. The smallest absolute Gasteiger partial charge is 0.277 e. The van der Waals surface area contributed by atoms with Gasteiger partial charge in [0.15, 0.2) is 0 Å². The Balaban J connectivity index is 2.42. The highest BCUT2D eigenvalue weighted by Crippen LogP contribution is 2.15. The highest BCUT2D eigenvalue weighted by Gasteiger charge is 2.39. The van der Waals surface area contributed by atoms with Gasteiger partial charge in [0.1, 0.15) is 0 Å². The Bertz CT molecular complexity index is 495. The number of imide groups is 2. The topological polar surface area (TPSA) is 83.6 Å². The van der Waals surface area contributed by atoms with Gasteiger partial charge in [-0.15, -0.1) is 0 Å². The molecule has 1 heterocycles. The Labute approximate surface area is 89.8 Å². The number of ketones is 1. The first kappa shape index (κ1) is 10.0. The summed E-state index contributed by atoms with van der Waals surface area (Å²) in [6.07, 6.45) is 0. The largest absolute Gasteiger partial charge is 0.336 e. The number of rotatable bonds is 1. The fourth-order valence-electron chi connectivity index (χ4n) is 1.31. The zero-order chi connectivity index (χ0) is 11.7. The highest BCUT2D eigenvalue weighted by molar-refractivity contribution is 6.70. The second-order valence-electron chi connectivity index (χ2n) is 3.06. The summed E-state index contributed by atoms with van der Waals surface area (Å²) in [6, 6.07) is 6.97. The van der Waals surface area contributed by atoms with Crippen LogP contribution in [0.2, 0.25) is 0 Å². The average Bonchev–Trinajstić information content (AvgIpc) is 2.28. The van der Waals surface area contributed by atoms with Crippen molar-refractivity contribution in [3.8, 4) is 0 Å². The first-order valence-corrected chi connectivity index (χ1v) is 4.40. The Hall–Kier alpha value is -2.50. The third-order valence-electron chi connectivity index (χ3n) is 2.04. The number of urea groups is 1. The SMILES string of the molecule is O=C1NC(=O)N(c2ccccc2)C(=O)C1=O. The normalized spacial score (nSPS) is 16.4. The summed E-state index contributed by atoms with van der Waals surface area (Å²) in [6.45, 7) is 0. The quantitative estimate of drug-likeness (QED) is 0.664. The summed E-state index contributed by atoms with van der Waals surface area (Å²) < 4.78 is 0. The van der Waals surface area contributed by atoms with Gasteiger partial charge in [0, 0.05) is 0 Å². The van der Waals surface area contributed by atoms with Gasteiger partial charge in [0.25, 0.3) is 0 Å². The first-order valence-electron chi connectivity index (χ1n) is 4.40. The Morgan fingerprint density at radius 2 is 1.56 bits per heavy atom. The van der Waals surface area contributed by atoms with Crippen molar-refractivity contribution >= 4 is 29.3 Å². The van der Waals surface area contributed by atoms with Crippen molar-refractivity contribution in [1.82, 2.24) is 5.32 Å². The molecule has 0 aliphatic carbocycles. The number of nitrogens with zero attached hydrogens (tertiary/aromatic N) is 1. The Morgan fingerprint density at radius 3 is 2.19 bits per heavy atom. The van der Waals surface area contributed by atoms with Crippen LogP contribution in [-0.4, -0.2) is 23.6 Å². The predicted molar refractivity (Wildman–Crippen MR) is 52.5 cm³/mol. The van der Waals surface area contributed by atoms with Crippen LogP contribution in [-0.2, 0) is 14.4 Å². The maximum atomic E-state index is 11.4. The third kappa shape index (κ3) is 1.46. The van der Waals surface area contributed by atoms with Crippen LogP contribution in [0.1, 0.15) is 0 Å². The number of hydrogen-bond acceptors (Lipinski definition) is 4. The summed E-state index contributed by atoms with van der Waals surface area (Å²) in [4.78, 5) is 45.4. The van der Waals surface area contributed by atoms with E-state index < -0.39 is 23.6 Å². The number of amides is 4. The van der Waals surface area contributed by atoms with Gasteiger partial charge in [0.05, 0.1) is 5.69 Å². The maximum Gasteiger partial charge on any atom is 0.336 e. The van der Waals surface area contributed by atoms with E-state index in [1.807, 2.05) is 0 Å². The molecule has 0 bridgehead atoms. The van der Waals surface area contributed by atoms with Gasteiger partial charge in [-0.05, 0) is 12.1 Å². The van der Waals surface area contributed by atoms with Crippen molar-refractivity contribution in [3.05, 3.63) is 30.3 Å². The lowest BCUT2D eigenvalue weighted by molar-refractivity contribution is -0.145. The molecule has 1 N–H and O–H groups in total. The van der Waals surface area contributed by atoms with Crippen molar-refractivity contribution in [3.63, 3.8) is 0 Å². The van der Waals surface area contributed by atoms with Crippen molar-refractivity contribution < 1.29 is 19.2 Å². The number of nitrogens with one attached hydrogen (secondary N) is 1. The molecule has 6 heteroatoms. The second kappa shape index (κ2) is 3.58. The highest BCUT2D eigenvalue weighted by atomic mass is 16.2. The molecule has 0 aromatic heterocycles. The number of hydrogen-bond donors (Lipinski definition) is 1. The zero-order valence-corrected chi connectivity index (χ0v) is 7.97. The summed E-state index contributed by atoms with van der Waals surface area (Å²) in [5.41, 5.74) is 0.242. The van der Waals surface area contributed by atoms with Crippen LogP contribution >= 0.6 is 0 Å². The molecule has 0 unspecified atom stereocenters. The summed E-state index contributed by atoms with van der Waals surface area (Å²) in [5.74, 6) is -3.58. The van der Waals surface area contributed by atoms with Crippen LogP contribution < -0.4 is 10.2 Å². The minimum absolute atomic E-state index is 0.242. The van der Waals surface area contributed by atoms with E-state index in [0.29, 0.717) is 4.90 Å². The lowest BCUT2D eigenvalue weighted by Gasteiger charge is -2.23. The minimum atomic E-state index is -1.25. The number of carbonyl (C=O) groups excluding carboxylic acids is 4. The molecule has 1 saturated heterocycles. The molecule has 2 rings (SSSR count). The molecule has 1 aliphatic heterocycles. The molecule has 1 aromatic rings. The molecule has 0 atom stereocenters. The van der Waals surface area contributed by atoms with Crippen LogP contribution in [0, 0.1) is 0 Å². The molecule has 80 valence electrons. The Kier molecular flexibility index (Phi) is 2.24. The van der Waals surface area contributed by atoms with Gasteiger partial charge in [0.2, 0.25) is 0 Å². The number of barbiturate groups is 1. The third-order valence-corrected chi connectivity index (χ3v) is 2.04. The summed E-state index contributed by atoms with van der Waals surface area (Å²) in [7, 11) is 0. The number of Topliss-reactive ketones (excluding diaryl/α,β-unsaturated/α-hetero) is 1. The van der Waals surface area contributed by atoms with Crippen molar-refractivity contribution in [2.75, 3.05) is 4.90 Å². The molecule has 0 saturated carbocycles. The van der Waals surface area contributed by atoms with Gasteiger partial charge < -0.3 is 0 Å². The van der Waals surface area contributed by atoms with E-state index in [1.165, 1.54) is 12.1 Å². The van der Waals surface area contributed by atoms with E-state index in [2.05, 4.69) is 0 Å². The van der Waals surface area contributed by atoms with Crippen molar-refractivity contribution in [2.45, 2.75) is 0 Å². The standard InChI is InChI=1S/C10H6N2O4/c13-7-8(14)11-10(16)12(9(7)15)6-4-2-1-3-5-6/h1-5H,(H,11,14,16). The van der Waals surface area contributed by atoms with E-state index in [4.69, 9.17) is 0 Å². The van der Waals surface area contributed by atoms with Gasteiger partial charge in [-0.2, -0.15) is 0 Å². The minimum Gasteiger partial charge on any atom is -0.277 e. The molecule has 6 nitrogen and oxygen atoms in total. The van der Waals surface area contributed by atoms with E-state index in [1.54, 1.807) is 23.5 Å². The molecule has 0 radical (unpaired) electrons. The van der Waals surface area contributed by atoms with Crippen LogP contribution in [0.4, 0.5) is 10.5 Å². The van der Waals surface area contributed by atoms with Crippen LogP contribution in [0.3, 0.4) is 0 Å². The zero-order valence-electron chi connectivity index (χ0n) is 7.97. The summed E-state index contributed by atoms with van der Waals surface area (Å²) in [5, 5.41) is 1.79. The van der Waals surface area contributed by atoms with E-state index in [9.17, 15) is 19.2 Å². The second-order valence-corrected chi connectivity index (χ2v) is 3.06. The van der Waals surface area contributed by atoms with Gasteiger partial charge >= 0.3 is 23.6 Å². The number of carbonyl (C=O) groups is 4. The molecular formula is C10H6N2O4. The van der Waals surface area contributed by atoms with E-state index in [-0.39, 0.29) is 5.69 Å². The first-order chi connectivity index (χ1) is 7.61. The monoisotopic (exact) mass is 218 g/mol. The molecule has 16 heavy (non-hydrogen) atoms. The fraction of sp³-hybridized carbons (Fsp3) is 0. The number of benzene rings is 1. The molecular weight excluding hydrogens is 212 g/mol. The lowest BCUT2D eigenvalue weighted by atomic mass is 10.2. The molecule has 1 aliphatic rings. The van der Waals surface area contributed by atoms with Gasteiger partial charge in [-0.3, -0.25) is 19.7 Å². The fourth-order valence-corrected chi connectivity index (χ4v) is 1.31. The molecule has 1 fully saturated rings. The van der Waals surface area contributed by atoms with Gasteiger partial charge in [-0.25, -0.2) is 9.69 Å². The predicted octanol–water partition coefficient (Wildman–Crippen LogP) is -0.161. The van der Waals surface area contributed by atoms with Crippen molar-refractivity contribution in [1.29, 1.82) is 0 Å². The van der Waals surface area contributed by atoms with E-state index >= 15 is 0 Å².